The lowest BCUT2D eigenvalue weighted by atomic mass is 9.82. The fourth-order valence-electron chi connectivity index (χ4n) is 4.44. The zero-order valence-electron chi connectivity index (χ0n) is 18.9. The number of carboxylic acids is 1. The number of aromatic nitrogens is 1. The average Bonchev–Trinajstić information content (AvgIpc) is 3.33. The van der Waals surface area contributed by atoms with Gasteiger partial charge in [0.25, 0.3) is 5.92 Å². The first-order valence-electron chi connectivity index (χ1n) is 10.7. The number of carbonyl (C=O) groups is 2. The van der Waals surface area contributed by atoms with E-state index in [1.807, 2.05) is 0 Å². The van der Waals surface area contributed by atoms with Gasteiger partial charge in [0.2, 0.25) is 0 Å². The summed E-state index contributed by atoms with van der Waals surface area (Å²) in [4.78, 5) is 35.0. The van der Waals surface area contributed by atoms with Crippen LogP contribution >= 0.6 is 11.3 Å². The molecular weight excluding hydrogens is 485 g/mol. The van der Waals surface area contributed by atoms with E-state index >= 15 is 0 Å². The van der Waals surface area contributed by atoms with E-state index in [2.05, 4.69) is 10.3 Å². The molecule has 8 nitrogen and oxygen atoms in total. The zero-order chi connectivity index (χ0) is 25.4. The first kappa shape index (κ1) is 24.9. The van der Waals surface area contributed by atoms with Gasteiger partial charge in [0, 0.05) is 30.2 Å². The van der Waals surface area contributed by atoms with Crippen LogP contribution in [0.1, 0.15) is 30.3 Å². The van der Waals surface area contributed by atoms with Gasteiger partial charge < -0.3 is 15.2 Å². The van der Waals surface area contributed by atoms with Gasteiger partial charge in [0.05, 0.1) is 19.2 Å². The number of ether oxygens (including phenoxy) is 1. The molecule has 0 aliphatic carbocycles. The van der Waals surface area contributed by atoms with Gasteiger partial charge >= 0.3 is 11.9 Å². The lowest BCUT2D eigenvalue weighted by Crippen LogP contribution is -2.54. The number of aliphatic imine (C=N–C) groups is 1. The number of esters is 1. The van der Waals surface area contributed by atoms with Gasteiger partial charge in [0.15, 0.2) is 10.8 Å². The number of rotatable bonds is 6. The van der Waals surface area contributed by atoms with E-state index in [0.29, 0.717) is 10.6 Å². The van der Waals surface area contributed by atoms with Crippen molar-refractivity contribution < 1.29 is 32.6 Å². The molecular formula is C23H23F3N4O4S. The zero-order valence-corrected chi connectivity index (χ0v) is 19.7. The fourth-order valence-corrected chi connectivity index (χ4v) is 5.02. The normalized spacial score (nSPS) is 24.5. The summed E-state index contributed by atoms with van der Waals surface area (Å²) >= 11 is 1.27. The molecule has 186 valence electrons. The molecule has 2 N–H and O–H groups in total. The summed E-state index contributed by atoms with van der Waals surface area (Å²) in [5.74, 6) is -5.31. The van der Waals surface area contributed by atoms with Crippen LogP contribution in [0.15, 0.2) is 52.1 Å². The summed E-state index contributed by atoms with van der Waals surface area (Å²) < 4.78 is 47.3. The number of thiazole rings is 1. The van der Waals surface area contributed by atoms with Gasteiger partial charge in [-0.3, -0.25) is 9.69 Å². The third-order valence-corrected chi connectivity index (χ3v) is 6.91. The van der Waals surface area contributed by atoms with Crippen LogP contribution in [-0.2, 0) is 19.9 Å². The smallest absolute Gasteiger partial charge is 0.338 e. The maximum atomic E-state index is 14.3. The molecule has 3 heterocycles. The van der Waals surface area contributed by atoms with Crippen molar-refractivity contribution in [1.82, 2.24) is 15.2 Å². The summed E-state index contributed by atoms with van der Waals surface area (Å²) in [5, 5.41) is 14.9. The minimum atomic E-state index is -3.08. The molecule has 0 saturated carbocycles. The fraction of sp³-hybridized carbons (Fsp3) is 0.391. The molecule has 0 amide bonds. The highest BCUT2D eigenvalue weighted by Gasteiger charge is 2.46. The van der Waals surface area contributed by atoms with Crippen molar-refractivity contribution in [3.63, 3.8) is 0 Å². The van der Waals surface area contributed by atoms with Crippen molar-refractivity contribution in [3.05, 3.63) is 63.5 Å². The first-order chi connectivity index (χ1) is 16.5. The number of benzene rings is 1. The number of halogens is 3. The number of amidine groups is 1. The van der Waals surface area contributed by atoms with E-state index in [0.717, 1.165) is 4.90 Å². The van der Waals surface area contributed by atoms with Crippen LogP contribution in [0.5, 0.6) is 0 Å². The second-order valence-corrected chi connectivity index (χ2v) is 9.40. The Bertz CT molecular complexity index is 1180. The second-order valence-electron chi connectivity index (χ2n) is 8.50. The standard InChI is InChI=1S/C23H23F3N4O4S/c1-22(13-3-5-14(24)6-4-13)17(21(33)34-2)15(28-18(29-22)19-27-9-10-35-19)11-30-12-23(25,26)8-7-16(30)20(31)32/h3-6,9-10,16H,7-8,11-12H2,1-2H3,(H,28,29)(H,31,32). The van der Waals surface area contributed by atoms with E-state index in [9.17, 15) is 27.9 Å². The molecule has 0 radical (unpaired) electrons. The largest absolute Gasteiger partial charge is 0.480 e. The molecule has 0 spiro atoms. The van der Waals surface area contributed by atoms with E-state index in [-0.39, 0.29) is 30.1 Å². The van der Waals surface area contributed by atoms with E-state index < -0.39 is 48.2 Å². The molecule has 2 aromatic rings. The summed E-state index contributed by atoms with van der Waals surface area (Å²) in [5.41, 5.74) is -0.789. The Kier molecular flexibility index (Phi) is 6.69. The summed E-state index contributed by atoms with van der Waals surface area (Å²) in [6.45, 7) is 0.527. The molecule has 35 heavy (non-hydrogen) atoms. The van der Waals surface area contributed by atoms with Gasteiger partial charge in [-0.1, -0.05) is 12.1 Å². The number of alkyl halides is 2. The summed E-state index contributed by atoms with van der Waals surface area (Å²) in [6, 6.07) is 4.23. The van der Waals surface area contributed by atoms with Gasteiger partial charge in [-0.05, 0) is 31.0 Å². The van der Waals surface area contributed by atoms with Crippen LogP contribution in [0.3, 0.4) is 0 Å². The molecule has 12 heteroatoms. The number of methoxy groups -OCH3 is 1. The quantitative estimate of drug-likeness (QED) is 0.578. The number of hydrogen-bond acceptors (Lipinski definition) is 8. The van der Waals surface area contributed by atoms with Gasteiger partial charge in [0.1, 0.15) is 17.4 Å². The highest BCUT2D eigenvalue weighted by molar-refractivity contribution is 7.11. The van der Waals surface area contributed by atoms with Crippen LogP contribution < -0.4 is 5.32 Å². The van der Waals surface area contributed by atoms with Crippen molar-refractivity contribution in [2.45, 2.75) is 37.3 Å². The Morgan fingerprint density at radius 1 is 1.31 bits per heavy atom. The number of piperidine rings is 1. The van der Waals surface area contributed by atoms with Crippen LogP contribution in [0.4, 0.5) is 13.2 Å². The SMILES string of the molecule is COC(=O)C1=C(CN2CC(F)(F)CCC2C(=O)O)NC(c2nccs2)=NC1(C)c1ccc(F)cc1. The van der Waals surface area contributed by atoms with Crippen LogP contribution in [-0.4, -0.2) is 64.9 Å². The summed E-state index contributed by atoms with van der Waals surface area (Å²) in [6.07, 6.45) is 0.770. The second kappa shape index (κ2) is 9.42. The summed E-state index contributed by atoms with van der Waals surface area (Å²) in [7, 11) is 1.17. The lowest BCUT2D eigenvalue weighted by Gasteiger charge is -2.40. The highest BCUT2D eigenvalue weighted by Crippen LogP contribution is 2.40. The number of likely N-dealkylation sites (tertiary alicyclic amines) is 1. The van der Waals surface area contributed by atoms with Crippen molar-refractivity contribution >= 4 is 29.1 Å². The number of nitrogens with one attached hydrogen (secondary N) is 1. The van der Waals surface area contributed by atoms with Gasteiger partial charge in [-0.25, -0.2) is 27.9 Å². The Hall–Kier alpha value is -3.25. The number of carboxylic acid groups (broad SMARTS) is 1. The van der Waals surface area contributed by atoms with E-state index in [4.69, 9.17) is 9.73 Å². The third kappa shape index (κ3) is 4.94. The lowest BCUT2D eigenvalue weighted by molar-refractivity contribution is -0.151. The number of aliphatic carboxylic acids is 1. The molecule has 1 aromatic carbocycles. The van der Waals surface area contributed by atoms with Crippen molar-refractivity contribution in [2.75, 3.05) is 20.2 Å². The molecule has 1 saturated heterocycles. The average molecular weight is 509 g/mol. The third-order valence-electron chi connectivity index (χ3n) is 6.13. The first-order valence-corrected chi connectivity index (χ1v) is 11.6. The van der Waals surface area contributed by atoms with Crippen molar-refractivity contribution in [1.29, 1.82) is 0 Å². The number of hydrogen-bond donors (Lipinski definition) is 2. The van der Waals surface area contributed by atoms with Gasteiger partial charge in [-0.15, -0.1) is 11.3 Å². The van der Waals surface area contributed by atoms with Crippen molar-refractivity contribution in [2.24, 2.45) is 4.99 Å². The number of nitrogens with zero attached hydrogens (tertiary/aromatic N) is 3. The molecule has 2 aliphatic rings. The van der Waals surface area contributed by atoms with Crippen LogP contribution in [0.2, 0.25) is 0 Å². The topological polar surface area (TPSA) is 104 Å². The van der Waals surface area contributed by atoms with Crippen LogP contribution in [0, 0.1) is 5.82 Å². The molecule has 2 unspecified atom stereocenters. The van der Waals surface area contributed by atoms with E-state index in [1.165, 1.54) is 42.7 Å². The molecule has 2 atom stereocenters. The van der Waals surface area contributed by atoms with Crippen LogP contribution in [0.25, 0.3) is 0 Å². The minimum Gasteiger partial charge on any atom is -0.480 e. The Balaban J connectivity index is 1.87. The van der Waals surface area contributed by atoms with Gasteiger partial charge in [-0.2, -0.15) is 0 Å². The monoisotopic (exact) mass is 508 g/mol. The predicted octanol–water partition coefficient (Wildman–Crippen LogP) is 3.16. The molecule has 2 aliphatic heterocycles. The Labute approximate surface area is 203 Å². The molecule has 4 rings (SSSR count). The predicted molar refractivity (Wildman–Crippen MR) is 122 cm³/mol. The Morgan fingerprint density at radius 3 is 2.63 bits per heavy atom. The van der Waals surface area contributed by atoms with E-state index in [1.54, 1.807) is 18.5 Å². The number of carbonyl (C=O) groups excluding carboxylic acids is 1. The van der Waals surface area contributed by atoms with Crippen molar-refractivity contribution in [3.8, 4) is 0 Å². The highest BCUT2D eigenvalue weighted by atomic mass is 32.1. The Morgan fingerprint density at radius 2 is 2.03 bits per heavy atom. The molecule has 1 fully saturated rings. The molecule has 0 bridgehead atoms. The maximum absolute atomic E-state index is 14.3. The maximum Gasteiger partial charge on any atom is 0.338 e. The minimum absolute atomic E-state index is 0.00458. The molecule has 1 aromatic heterocycles.